The average molecular weight is 450 g/mol. The van der Waals surface area contributed by atoms with E-state index in [1.165, 1.54) is 30.5 Å². The normalized spacial score (nSPS) is 25.7. The fourth-order valence-electron chi connectivity index (χ4n) is 4.80. The zero-order valence-electron chi connectivity index (χ0n) is 20.3. The van der Waals surface area contributed by atoms with Crippen LogP contribution in [0, 0.1) is 17.8 Å². The number of benzene rings is 1. The van der Waals surface area contributed by atoms with Crippen molar-refractivity contribution in [2.75, 3.05) is 30.3 Å². The summed E-state index contributed by atoms with van der Waals surface area (Å²) in [6.07, 6.45) is 7.12. The van der Waals surface area contributed by atoms with Crippen molar-refractivity contribution in [1.29, 1.82) is 0 Å². The molecule has 0 N–H and O–H groups in total. The van der Waals surface area contributed by atoms with E-state index in [4.69, 9.17) is 4.74 Å². The zero-order chi connectivity index (χ0) is 22.6. The molecule has 1 aliphatic heterocycles. The van der Waals surface area contributed by atoms with Crippen LogP contribution < -0.4 is 4.90 Å². The Morgan fingerprint density at radius 3 is 2.23 bits per heavy atom. The third kappa shape index (κ3) is 6.71. The summed E-state index contributed by atoms with van der Waals surface area (Å²) in [7, 11) is -3.00. The van der Waals surface area contributed by atoms with E-state index in [2.05, 4.69) is 43.0 Å². The lowest BCUT2D eigenvalue weighted by molar-refractivity contribution is 0.0114. The summed E-state index contributed by atoms with van der Waals surface area (Å²) in [6, 6.07) is 9.12. The van der Waals surface area contributed by atoms with E-state index in [1.807, 2.05) is 20.8 Å². The van der Waals surface area contributed by atoms with Crippen LogP contribution in [0.5, 0.6) is 0 Å². The van der Waals surface area contributed by atoms with Gasteiger partial charge in [0.1, 0.15) is 0 Å². The Bertz CT molecular complexity index is 787. The summed E-state index contributed by atoms with van der Waals surface area (Å²) in [5.41, 5.74) is 2.72. The van der Waals surface area contributed by atoms with Crippen LogP contribution in [-0.4, -0.2) is 44.7 Å². The molecule has 1 saturated heterocycles. The Labute approximate surface area is 190 Å². The molecule has 1 aromatic rings. The monoisotopic (exact) mass is 449 g/mol. The van der Waals surface area contributed by atoms with E-state index in [1.54, 1.807) is 0 Å². The number of sulfone groups is 1. The summed E-state index contributed by atoms with van der Waals surface area (Å²) in [5.74, 6) is 2.00. The molecule has 3 rings (SSSR count). The van der Waals surface area contributed by atoms with Gasteiger partial charge in [0.25, 0.3) is 0 Å². The standard InChI is InChI=1S/C26H43NO3S/c1-20(2)25-18-27(16-17-30-25)24-14-12-22(13-15-24)7-6-21-8-10-23(11-9-21)19-31(28,29)26(3,4)5/h12-15,20-21,23,25H,6-11,16-19H2,1-5H3/t21?,23?,25-/m0/s1. The van der Waals surface area contributed by atoms with Gasteiger partial charge in [0.05, 0.1) is 23.2 Å². The maximum atomic E-state index is 12.5. The number of rotatable bonds is 7. The molecule has 5 heteroatoms. The quantitative estimate of drug-likeness (QED) is 0.551. The first-order valence-electron chi connectivity index (χ1n) is 12.2. The highest BCUT2D eigenvalue weighted by molar-refractivity contribution is 7.92. The Morgan fingerprint density at radius 1 is 1.03 bits per heavy atom. The molecule has 31 heavy (non-hydrogen) atoms. The Morgan fingerprint density at radius 2 is 1.65 bits per heavy atom. The number of hydrogen-bond acceptors (Lipinski definition) is 4. The lowest BCUT2D eigenvalue weighted by atomic mass is 9.80. The van der Waals surface area contributed by atoms with Gasteiger partial charge in [-0.15, -0.1) is 0 Å². The summed E-state index contributed by atoms with van der Waals surface area (Å²) in [4.78, 5) is 2.45. The summed E-state index contributed by atoms with van der Waals surface area (Å²) in [5, 5.41) is 0. The van der Waals surface area contributed by atoms with Gasteiger partial charge < -0.3 is 9.64 Å². The molecule has 1 atom stereocenters. The SMILES string of the molecule is CC(C)[C@@H]1CN(c2ccc(CCC3CCC(CS(=O)(=O)C(C)(C)C)CC3)cc2)CCO1. The Kier molecular flexibility index (Phi) is 8.12. The molecule has 1 aliphatic carbocycles. The van der Waals surface area contributed by atoms with Gasteiger partial charge >= 0.3 is 0 Å². The highest BCUT2D eigenvalue weighted by atomic mass is 32.2. The van der Waals surface area contributed by atoms with Crippen LogP contribution in [0.15, 0.2) is 24.3 Å². The second-order valence-electron chi connectivity index (χ2n) is 11.1. The van der Waals surface area contributed by atoms with E-state index in [9.17, 15) is 8.42 Å². The summed E-state index contributed by atoms with van der Waals surface area (Å²) < 4.78 is 30.3. The van der Waals surface area contributed by atoms with Crippen molar-refractivity contribution >= 4 is 15.5 Å². The van der Waals surface area contributed by atoms with Gasteiger partial charge in [-0.05, 0) is 81.9 Å². The van der Waals surface area contributed by atoms with Crippen LogP contribution in [0.3, 0.4) is 0 Å². The van der Waals surface area contributed by atoms with Crippen LogP contribution in [0.25, 0.3) is 0 Å². The Balaban J connectivity index is 1.43. The van der Waals surface area contributed by atoms with Crippen LogP contribution in [0.4, 0.5) is 5.69 Å². The molecule has 2 aliphatic rings. The minimum atomic E-state index is -3.00. The lowest BCUT2D eigenvalue weighted by Gasteiger charge is -2.36. The molecule has 0 aromatic heterocycles. The smallest absolute Gasteiger partial charge is 0.155 e. The van der Waals surface area contributed by atoms with Crippen molar-refractivity contribution in [3.05, 3.63) is 29.8 Å². The van der Waals surface area contributed by atoms with Gasteiger partial charge in [-0.3, -0.25) is 0 Å². The lowest BCUT2D eigenvalue weighted by Crippen LogP contribution is -2.44. The predicted octanol–water partition coefficient (Wildman–Crippen LogP) is 5.50. The van der Waals surface area contributed by atoms with Gasteiger partial charge in [-0.2, -0.15) is 0 Å². The molecular weight excluding hydrogens is 406 g/mol. The maximum absolute atomic E-state index is 12.5. The first-order valence-corrected chi connectivity index (χ1v) is 13.9. The molecule has 1 heterocycles. The topological polar surface area (TPSA) is 46.6 Å². The van der Waals surface area contributed by atoms with Crippen molar-refractivity contribution in [3.8, 4) is 0 Å². The molecule has 1 saturated carbocycles. The van der Waals surface area contributed by atoms with Crippen molar-refractivity contribution in [1.82, 2.24) is 0 Å². The number of anilines is 1. The third-order valence-electron chi connectivity index (χ3n) is 7.33. The first-order chi connectivity index (χ1) is 14.5. The molecule has 4 nitrogen and oxygen atoms in total. The predicted molar refractivity (Wildman–Crippen MR) is 131 cm³/mol. The molecule has 176 valence electrons. The fourth-order valence-corrected chi connectivity index (χ4v) is 6.26. The van der Waals surface area contributed by atoms with Gasteiger partial charge in [0.2, 0.25) is 0 Å². The van der Waals surface area contributed by atoms with Crippen LogP contribution in [-0.2, 0) is 21.0 Å². The van der Waals surface area contributed by atoms with E-state index < -0.39 is 14.6 Å². The van der Waals surface area contributed by atoms with Crippen molar-refractivity contribution < 1.29 is 13.2 Å². The van der Waals surface area contributed by atoms with Gasteiger partial charge in [0, 0.05) is 18.8 Å². The van der Waals surface area contributed by atoms with Crippen molar-refractivity contribution in [2.24, 2.45) is 17.8 Å². The van der Waals surface area contributed by atoms with Gasteiger partial charge in [-0.25, -0.2) is 8.42 Å². The molecule has 2 fully saturated rings. The number of aryl methyl sites for hydroxylation is 1. The van der Waals surface area contributed by atoms with Crippen LogP contribution in [0.2, 0.25) is 0 Å². The minimum absolute atomic E-state index is 0.321. The van der Waals surface area contributed by atoms with E-state index in [-0.39, 0.29) is 0 Å². The number of morpholine rings is 1. The average Bonchev–Trinajstić information content (AvgIpc) is 2.73. The highest BCUT2D eigenvalue weighted by Gasteiger charge is 2.33. The molecule has 0 spiro atoms. The van der Waals surface area contributed by atoms with Crippen LogP contribution >= 0.6 is 0 Å². The molecule has 1 aromatic carbocycles. The van der Waals surface area contributed by atoms with Gasteiger partial charge in [0.15, 0.2) is 9.84 Å². The summed E-state index contributed by atoms with van der Waals surface area (Å²) in [6.45, 7) is 12.7. The van der Waals surface area contributed by atoms with E-state index in [0.29, 0.717) is 23.7 Å². The second-order valence-corrected chi connectivity index (χ2v) is 13.9. The Hall–Kier alpha value is -1.07. The number of nitrogens with zero attached hydrogens (tertiary/aromatic N) is 1. The molecule has 0 amide bonds. The third-order valence-corrected chi connectivity index (χ3v) is 10.1. The van der Waals surface area contributed by atoms with E-state index in [0.717, 1.165) is 44.9 Å². The number of hydrogen-bond donors (Lipinski definition) is 0. The van der Waals surface area contributed by atoms with Crippen molar-refractivity contribution in [3.63, 3.8) is 0 Å². The van der Waals surface area contributed by atoms with Crippen LogP contribution in [0.1, 0.15) is 72.3 Å². The fraction of sp³-hybridized carbons (Fsp3) is 0.769. The molecule has 0 unspecified atom stereocenters. The zero-order valence-corrected chi connectivity index (χ0v) is 21.1. The molecule has 0 radical (unpaired) electrons. The highest BCUT2D eigenvalue weighted by Crippen LogP contribution is 2.34. The minimum Gasteiger partial charge on any atom is -0.374 e. The summed E-state index contributed by atoms with van der Waals surface area (Å²) >= 11 is 0. The van der Waals surface area contributed by atoms with Crippen molar-refractivity contribution in [2.45, 2.75) is 84.0 Å². The van der Waals surface area contributed by atoms with E-state index >= 15 is 0 Å². The molecule has 0 bridgehead atoms. The first kappa shape index (κ1) is 24.6. The second kappa shape index (κ2) is 10.2. The number of ether oxygens (including phenoxy) is 1. The maximum Gasteiger partial charge on any atom is 0.155 e. The van der Waals surface area contributed by atoms with Gasteiger partial charge in [-0.1, -0.05) is 38.8 Å². The largest absolute Gasteiger partial charge is 0.374 e. The molecular formula is C26H43NO3S.